The average molecular weight is 464 g/mol. The molecule has 0 radical (unpaired) electrons. The van der Waals surface area contributed by atoms with Crippen molar-refractivity contribution in [2.24, 2.45) is 5.73 Å². The number of aromatic nitrogens is 1. The van der Waals surface area contributed by atoms with Crippen molar-refractivity contribution >= 4 is 62.8 Å². The maximum Gasteiger partial charge on any atom is 0.256 e. The summed E-state index contributed by atoms with van der Waals surface area (Å²) in [6.45, 7) is 4.57. The summed E-state index contributed by atoms with van der Waals surface area (Å²) in [5, 5.41) is 9.44. The van der Waals surface area contributed by atoms with E-state index in [1.54, 1.807) is 18.3 Å². The summed E-state index contributed by atoms with van der Waals surface area (Å²) in [7, 11) is 0. The van der Waals surface area contributed by atoms with E-state index in [9.17, 15) is 9.59 Å². The highest BCUT2D eigenvalue weighted by Gasteiger charge is 2.26. The predicted octanol–water partition coefficient (Wildman–Crippen LogP) is 4.14. The third kappa shape index (κ3) is 5.83. The van der Waals surface area contributed by atoms with Crippen LogP contribution in [0.2, 0.25) is 0 Å². The summed E-state index contributed by atoms with van der Waals surface area (Å²) in [5.74, 6) is -0.527. The van der Waals surface area contributed by atoms with Gasteiger partial charge in [-0.15, -0.1) is 11.3 Å². The summed E-state index contributed by atoms with van der Waals surface area (Å²) in [4.78, 5) is 35.7. The molecule has 4 rings (SSSR count). The highest BCUT2D eigenvalue weighted by molar-refractivity contribution is 7.17. The number of hydrogen-bond acceptors (Lipinski definition) is 7. The number of fused-ring (bicyclic) bond motifs is 3. The lowest BCUT2D eigenvalue weighted by Crippen LogP contribution is -2.09. The molecule has 0 fully saturated rings. The fourth-order valence-electron chi connectivity index (χ4n) is 3.53. The molecule has 1 aliphatic heterocycles. The highest BCUT2D eigenvalue weighted by Crippen LogP contribution is 2.39. The van der Waals surface area contributed by atoms with E-state index in [-0.39, 0.29) is 5.91 Å². The molecule has 8 nitrogen and oxygen atoms in total. The van der Waals surface area contributed by atoms with Crippen LogP contribution in [0.3, 0.4) is 0 Å². The van der Waals surface area contributed by atoms with Crippen LogP contribution in [0.25, 0.3) is 15.8 Å². The van der Waals surface area contributed by atoms with Gasteiger partial charge in [0.05, 0.1) is 21.4 Å². The number of anilines is 3. The normalized spacial score (nSPS) is 13.8. The van der Waals surface area contributed by atoms with Gasteiger partial charge >= 0.3 is 0 Å². The number of amides is 2. The summed E-state index contributed by atoms with van der Waals surface area (Å²) >= 11 is 1.56. The van der Waals surface area contributed by atoms with Crippen molar-refractivity contribution in [3.8, 4) is 0 Å². The van der Waals surface area contributed by atoms with Gasteiger partial charge in [-0.2, -0.15) is 0 Å². The molecule has 1 aliphatic rings. The number of nitrogens with zero attached hydrogens (tertiary/aromatic N) is 1. The summed E-state index contributed by atoms with van der Waals surface area (Å²) in [5.41, 5.74) is 13.0. The number of thiazole rings is 1. The van der Waals surface area contributed by atoms with Crippen molar-refractivity contribution in [1.82, 2.24) is 4.98 Å². The second-order valence-electron chi connectivity index (χ2n) is 7.26. The average Bonchev–Trinajstić information content (AvgIpc) is 3.39. The van der Waals surface area contributed by atoms with E-state index in [4.69, 9.17) is 10.5 Å². The second-order valence-corrected chi connectivity index (χ2v) is 8.12. The SMILES string of the molecule is C/C(=C/C(N)=O)Nc1ccc(NCCCC=C2C(=O)Nc3ccc4ncsc4c32)cc1.C=O. The Morgan fingerprint density at radius 1 is 1.18 bits per heavy atom. The van der Waals surface area contributed by atoms with E-state index in [1.807, 2.05) is 54.8 Å². The van der Waals surface area contributed by atoms with Gasteiger partial charge in [0.25, 0.3) is 5.91 Å². The van der Waals surface area contributed by atoms with Gasteiger partial charge < -0.3 is 26.5 Å². The van der Waals surface area contributed by atoms with Crippen LogP contribution in [0.1, 0.15) is 25.3 Å². The monoisotopic (exact) mass is 463 g/mol. The fourth-order valence-corrected chi connectivity index (χ4v) is 4.38. The number of nitrogens with one attached hydrogen (secondary N) is 3. The first kappa shape index (κ1) is 23.7. The molecule has 0 aliphatic carbocycles. The van der Waals surface area contributed by atoms with Crippen molar-refractivity contribution in [3.05, 3.63) is 65.3 Å². The standard InChI is InChI=1S/C23H23N5O2S.CH2O/c1-14(12-20(24)29)27-16-7-5-15(6-8-16)25-11-3-2-4-17-21-18(28-23(17)30)9-10-19-22(21)31-13-26-19;1-2/h4-10,12-13,25,27H,2-3,11H2,1H3,(H2,24,29)(H,28,30);1H2/b14-12-,17-4?;. The zero-order valence-corrected chi connectivity index (χ0v) is 19.0. The van der Waals surface area contributed by atoms with E-state index in [0.717, 1.165) is 57.8 Å². The van der Waals surface area contributed by atoms with Gasteiger partial charge in [0.2, 0.25) is 5.91 Å². The molecule has 2 amide bonds. The van der Waals surface area contributed by atoms with Crippen LogP contribution in [0.15, 0.2) is 59.8 Å². The zero-order chi connectivity index (χ0) is 23.8. The lowest BCUT2D eigenvalue weighted by atomic mass is 10.0. The van der Waals surface area contributed by atoms with Gasteiger partial charge in [-0.05, 0) is 56.2 Å². The minimum atomic E-state index is -0.478. The van der Waals surface area contributed by atoms with Crippen molar-refractivity contribution in [2.45, 2.75) is 19.8 Å². The Labute approximate surface area is 195 Å². The van der Waals surface area contributed by atoms with Gasteiger partial charge in [0.15, 0.2) is 0 Å². The number of benzene rings is 2. The Bertz CT molecular complexity index is 1210. The Morgan fingerprint density at radius 3 is 2.64 bits per heavy atom. The first-order valence-electron chi connectivity index (χ1n) is 10.3. The molecule has 9 heteroatoms. The third-order valence-corrected chi connectivity index (χ3v) is 5.76. The van der Waals surface area contributed by atoms with E-state index in [2.05, 4.69) is 20.9 Å². The van der Waals surface area contributed by atoms with E-state index < -0.39 is 5.91 Å². The maximum absolute atomic E-state index is 12.4. The summed E-state index contributed by atoms with van der Waals surface area (Å²) in [6.07, 6.45) is 5.05. The van der Waals surface area contributed by atoms with Crippen LogP contribution in [0, 0.1) is 0 Å². The molecular formula is C24H25N5O3S. The van der Waals surface area contributed by atoms with Gasteiger partial charge in [0.1, 0.15) is 6.79 Å². The number of primary amides is 1. The number of unbranched alkanes of at least 4 members (excludes halogenated alkanes) is 1. The van der Waals surface area contributed by atoms with Crippen LogP contribution in [-0.4, -0.2) is 30.1 Å². The minimum absolute atomic E-state index is 0.0485. The quantitative estimate of drug-likeness (QED) is 0.294. The third-order valence-electron chi connectivity index (χ3n) is 4.91. The van der Waals surface area contributed by atoms with Gasteiger partial charge in [0, 0.05) is 40.8 Å². The number of carbonyl (C=O) groups excluding carboxylic acids is 3. The first-order valence-corrected chi connectivity index (χ1v) is 11.1. The van der Waals surface area contributed by atoms with Crippen molar-refractivity contribution in [1.29, 1.82) is 0 Å². The molecule has 170 valence electrons. The Morgan fingerprint density at radius 2 is 1.91 bits per heavy atom. The molecule has 1 aromatic heterocycles. The minimum Gasteiger partial charge on any atom is -0.385 e. The molecule has 0 unspecified atom stereocenters. The smallest absolute Gasteiger partial charge is 0.256 e. The molecule has 5 N–H and O–H groups in total. The molecule has 2 heterocycles. The van der Waals surface area contributed by atoms with Crippen LogP contribution >= 0.6 is 11.3 Å². The Balaban J connectivity index is 0.00000149. The van der Waals surface area contributed by atoms with Crippen LogP contribution in [0.4, 0.5) is 17.1 Å². The van der Waals surface area contributed by atoms with Gasteiger partial charge in [-0.3, -0.25) is 9.59 Å². The largest absolute Gasteiger partial charge is 0.385 e. The van der Waals surface area contributed by atoms with Crippen molar-refractivity contribution in [2.75, 3.05) is 22.5 Å². The number of hydrogen-bond donors (Lipinski definition) is 4. The van der Waals surface area contributed by atoms with Crippen LogP contribution in [0.5, 0.6) is 0 Å². The molecule has 3 aromatic rings. The second kappa shape index (κ2) is 11.1. The highest BCUT2D eigenvalue weighted by atomic mass is 32.1. The number of nitrogens with two attached hydrogens (primary N) is 1. The molecule has 0 saturated carbocycles. The topological polar surface area (TPSA) is 126 Å². The molecule has 0 bridgehead atoms. The van der Waals surface area contributed by atoms with Gasteiger partial charge in [-0.1, -0.05) is 6.08 Å². The Kier molecular flexibility index (Phi) is 7.93. The molecule has 0 atom stereocenters. The molecular weight excluding hydrogens is 438 g/mol. The number of allylic oxidation sites excluding steroid dienone is 2. The van der Waals surface area contributed by atoms with Crippen LogP contribution < -0.4 is 21.7 Å². The maximum atomic E-state index is 12.4. The molecule has 0 saturated heterocycles. The summed E-state index contributed by atoms with van der Waals surface area (Å²) < 4.78 is 1.05. The first-order chi connectivity index (χ1) is 16.0. The van der Waals surface area contributed by atoms with Crippen molar-refractivity contribution < 1.29 is 14.4 Å². The Hall–Kier alpha value is -3.98. The van der Waals surface area contributed by atoms with E-state index in [1.165, 1.54) is 6.08 Å². The predicted molar refractivity (Wildman–Crippen MR) is 134 cm³/mol. The summed E-state index contributed by atoms with van der Waals surface area (Å²) in [6, 6.07) is 11.7. The van der Waals surface area contributed by atoms with E-state index >= 15 is 0 Å². The number of rotatable bonds is 8. The molecule has 33 heavy (non-hydrogen) atoms. The lowest BCUT2D eigenvalue weighted by Gasteiger charge is -2.09. The fraction of sp³-hybridized carbons (Fsp3) is 0.167. The lowest BCUT2D eigenvalue weighted by molar-refractivity contribution is -0.113. The molecule has 2 aromatic carbocycles. The van der Waals surface area contributed by atoms with Crippen molar-refractivity contribution in [3.63, 3.8) is 0 Å². The number of carbonyl (C=O) groups is 3. The van der Waals surface area contributed by atoms with Gasteiger partial charge in [-0.25, -0.2) is 4.98 Å². The van der Waals surface area contributed by atoms with Crippen LogP contribution in [-0.2, 0) is 14.4 Å². The zero-order valence-electron chi connectivity index (χ0n) is 18.2. The molecule has 0 spiro atoms. The van der Waals surface area contributed by atoms with E-state index in [0.29, 0.717) is 5.70 Å².